The Morgan fingerprint density at radius 3 is 2.91 bits per heavy atom. The second kappa shape index (κ2) is 5.59. The first kappa shape index (κ1) is 14.8. The van der Waals surface area contributed by atoms with Gasteiger partial charge in [-0.25, -0.2) is 9.98 Å². The summed E-state index contributed by atoms with van der Waals surface area (Å²) in [6.45, 7) is 3.91. The van der Waals surface area contributed by atoms with E-state index < -0.39 is 5.54 Å². The van der Waals surface area contributed by atoms with Crippen molar-refractivity contribution in [2.75, 3.05) is 25.0 Å². The minimum absolute atomic E-state index is 0.0463. The number of rotatable bonds is 2. The number of pyridine rings is 1. The van der Waals surface area contributed by atoms with Gasteiger partial charge < -0.3 is 10.6 Å². The van der Waals surface area contributed by atoms with E-state index in [9.17, 15) is 4.79 Å². The highest BCUT2D eigenvalue weighted by Gasteiger charge is 2.42. The predicted octanol–water partition coefficient (Wildman–Crippen LogP) is 1.23. The Morgan fingerprint density at radius 2 is 2.23 bits per heavy atom. The Morgan fingerprint density at radius 1 is 1.41 bits per heavy atom. The van der Waals surface area contributed by atoms with Crippen molar-refractivity contribution in [3.63, 3.8) is 0 Å². The topological polar surface area (TPSA) is 74.8 Å². The second-order valence-corrected chi connectivity index (χ2v) is 6.43. The molecular weight excluding hydrogens is 278 g/mol. The number of hydrogen-bond acceptors (Lipinski definition) is 5. The molecule has 1 saturated heterocycles. The van der Waals surface area contributed by atoms with E-state index in [0.717, 1.165) is 31.7 Å². The molecule has 1 aromatic heterocycles. The molecule has 2 N–H and O–H groups in total. The maximum absolute atomic E-state index is 12.2. The van der Waals surface area contributed by atoms with E-state index in [1.165, 1.54) is 4.90 Å². The highest BCUT2D eigenvalue weighted by atomic mass is 16.2. The smallest absolute Gasteiger partial charge is 0.231 e. The van der Waals surface area contributed by atoms with Gasteiger partial charge in [-0.3, -0.25) is 9.69 Å². The van der Waals surface area contributed by atoms with E-state index >= 15 is 0 Å². The van der Waals surface area contributed by atoms with Gasteiger partial charge in [0.15, 0.2) is 5.96 Å². The number of carbonyl (C=O) groups is 1. The van der Waals surface area contributed by atoms with Crippen LogP contribution in [0.15, 0.2) is 29.4 Å². The van der Waals surface area contributed by atoms with Gasteiger partial charge in [-0.2, -0.15) is 0 Å². The van der Waals surface area contributed by atoms with Crippen LogP contribution in [0.5, 0.6) is 0 Å². The summed E-state index contributed by atoms with van der Waals surface area (Å²) in [6.07, 6.45) is 4.38. The van der Waals surface area contributed by atoms with Crippen LogP contribution in [0.1, 0.15) is 26.2 Å². The Balaban J connectivity index is 1.81. The van der Waals surface area contributed by atoms with Crippen molar-refractivity contribution in [2.45, 2.75) is 31.7 Å². The molecule has 1 amide bonds. The summed E-state index contributed by atoms with van der Waals surface area (Å²) in [7, 11) is 1.68. The summed E-state index contributed by atoms with van der Waals surface area (Å²) >= 11 is 0. The van der Waals surface area contributed by atoms with Crippen LogP contribution >= 0.6 is 0 Å². The Labute approximate surface area is 131 Å². The zero-order valence-corrected chi connectivity index (χ0v) is 13.2. The summed E-state index contributed by atoms with van der Waals surface area (Å²) in [4.78, 5) is 25.0. The van der Waals surface area contributed by atoms with Crippen LogP contribution in [-0.2, 0) is 4.79 Å². The first-order valence-corrected chi connectivity index (χ1v) is 7.77. The first-order chi connectivity index (χ1) is 10.5. The van der Waals surface area contributed by atoms with Crippen LogP contribution in [-0.4, -0.2) is 47.4 Å². The molecule has 6 heteroatoms. The molecule has 6 nitrogen and oxygen atoms in total. The molecule has 2 aliphatic heterocycles. The van der Waals surface area contributed by atoms with Crippen molar-refractivity contribution in [3.8, 4) is 0 Å². The predicted molar refractivity (Wildman–Crippen MR) is 86.6 cm³/mol. The van der Waals surface area contributed by atoms with E-state index in [4.69, 9.17) is 5.73 Å². The highest BCUT2D eigenvalue weighted by Crippen LogP contribution is 2.36. The van der Waals surface area contributed by atoms with E-state index in [1.807, 2.05) is 24.4 Å². The Kier molecular flexibility index (Phi) is 3.76. The quantitative estimate of drug-likeness (QED) is 0.891. The van der Waals surface area contributed by atoms with Crippen molar-refractivity contribution in [1.82, 2.24) is 9.88 Å². The van der Waals surface area contributed by atoms with Crippen molar-refractivity contribution in [3.05, 3.63) is 24.4 Å². The number of carbonyl (C=O) groups excluding carboxylic acids is 1. The maximum atomic E-state index is 12.2. The average Bonchev–Trinajstić information content (AvgIpc) is 2.53. The van der Waals surface area contributed by atoms with Crippen LogP contribution in [0.2, 0.25) is 0 Å². The normalized spacial score (nSPS) is 29.5. The molecule has 0 aliphatic carbocycles. The van der Waals surface area contributed by atoms with Crippen molar-refractivity contribution >= 4 is 17.7 Å². The lowest BCUT2D eigenvalue weighted by Gasteiger charge is -2.44. The van der Waals surface area contributed by atoms with Crippen LogP contribution in [0.4, 0.5) is 5.82 Å². The monoisotopic (exact) mass is 301 g/mol. The molecule has 0 aromatic carbocycles. The van der Waals surface area contributed by atoms with Gasteiger partial charge >= 0.3 is 0 Å². The molecule has 3 heterocycles. The van der Waals surface area contributed by atoms with Gasteiger partial charge in [-0.1, -0.05) is 6.07 Å². The van der Waals surface area contributed by atoms with Gasteiger partial charge in [-0.05, 0) is 31.9 Å². The third-order valence-corrected chi connectivity index (χ3v) is 4.87. The zero-order chi connectivity index (χ0) is 15.7. The van der Waals surface area contributed by atoms with Crippen molar-refractivity contribution in [1.29, 1.82) is 0 Å². The number of amides is 1. The molecule has 2 atom stereocenters. The molecule has 0 bridgehead atoms. The summed E-state index contributed by atoms with van der Waals surface area (Å²) in [5, 5.41) is 0. The largest absolute Gasteiger partial charge is 0.369 e. The molecule has 2 aliphatic rings. The number of nitrogens with two attached hydrogens (primary N) is 1. The third kappa shape index (κ3) is 2.65. The van der Waals surface area contributed by atoms with Gasteiger partial charge in [0.2, 0.25) is 5.91 Å². The van der Waals surface area contributed by atoms with E-state index in [0.29, 0.717) is 18.3 Å². The molecule has 118 valence electrons. The van der Waals surface area contributed by atoms with Crippen LogP contribution in [0, 0.1) is 5.92 Å². The maximum Gasteiger partial charge on any atom is 0.231 e. The summed E-state index contributed by atoms with van der Waals surface area (Å²) in [5.74, 6) is 1.67. The molecular formula is C16H23N5O. The molecule has 1 aromatic rings. The van der Waals surface area contributed by atoms with E-state index in [-0.39, 0.29) is 5.91 Å². The summed E-state index contributed by atoms with van der Waals surface area (Å²) in [6, 6.07) is 5.96. The first-order valence-electron chi connectivity index (χ1n) is 7.77. The molecule has 0 saturated carbocycles. The summed E-state index contributed by atoms with van der Waals surface area (Å²) in [5.41, 5.74) is 5.51. The molecule has 1 fully saturated rings. The number of nitrogens with zero attached hydrogens (tertiary/aromatic N) is 4. The Bertz CT molecular complexity index is 587. The molecule has 0 spiro atoms. The minimum atomic E-state index is -0.416. The van der Waals surface area contributed by atoms with Gasteiger partial charge in [0.1, 0.15) is 5.82 Å². The highest BCUT2D eigenvalue weighted by molar-refractivity contribution is 5.98. The molecule has 0 radical (unpaired) electrons. The molecule has 1 unspecified atom stereocenters. The van der Waals surface area contributed by atoms with Gasteiger partial charge in [0.25, 0.3) is 0 Å². The third-order valence-electron chi connectivity index (χ3n) is 4.87. The lowest BCUT2D eigenvalue weighted by Crippen LogP contribution is -2.54. The fourth-order valence-electron chi connectivity index (χ4n) is 3.40. The SMILES string of the molecule is CN1C(=O)C[C@@](C)(C2CCCN(c3ccccn3)C2)N=C1N. The van der Waals surface area contributed by atoms with Crippen LogP contribution in [0.3, 0.4) is 0 Å². The zero-order valence-electron chi connectivity index (χ0n) is 13.2. The van der Waals surface area contributed by atoms with Crippen LogP contribution in [0.25, 0.3) is 0 Å². The second-order valence-electron chi connectivity index (χ2n) is 6.43. The fraction of sp³-hybridized carbons (Fsp3) is 0.562. The van der Waals surface area contributed by atoms with Gasteiger partial charge in [-0.15, -0.1) is 0 Å². The number of anilines is 1. The lowest BCUT2D eigenvalue weighted by molar-refractivity contribution is -0.129. The van der Waals surface area contributed by atoms with E-state index in [1.54, 1.807) is 7.05 Å². The molecule has 22 heavy (non-hydrogen) atoms. The average molecular weight is 301 g/mol. The number of guanidine groups is 1. The molecule has 3 rings (SSSR count). The van der Waals surface area contributed by atoms with Crippen LogP contribution < -0.4 is 10.6 Å². The standard InChI is InChI=1S/C16H23N5O/c1-16(10-14(22)20(2)15(17)19-16)12-6-5-9-21(11-12)13-7-3-4-8-18-13/h3-4,7-8,12H,5-6,9-11H2,1-2H3,(H2,17,19)/t12?,16-/m0/s1. The van der Waals surface area contributed by atoms with Gasteiger partial charge in [0.05, 0.1) is 12.0 Å². The lowest BCUT2D eigenvalue weighted by atomic mass is 9.77. The number of hydrogen-bond donors (Lipinski definition) is 1. The fourth-order valence-corrected chi connectivity index (χ4v) is 3.40. The number of aliphatic imine (C=N–C) groups is 1. The summed E-state index contributed by atoms with van der Waals surface area (Å²) < 4.78 is 0. The number of piperidine rings is 1. The van der Waals surface area contributed by atoms with Crippen molar-refractivity contribution in [2.24, 2.45) is 16.6 Å². The van der Waals surface area contributed by atoms with E-state index in [2.05, 4.69) is 21.8 Å². The Hall–Kier alpha value is -2.11. The minimum Gasteiger partial charge on any atom is -0.369 e. The number of aromatic nitrogens is 1. The van der Waals surface area contributed by atoms with Gasteiger partial charge in [0, 0.05) is 32.3 Å². The van der Waals surface area contributed by atoms with Crippen molar-refractivity contribution < 1.29 is 4.79 Å².